The summed E-state index contributed by atoms with van der Waals surface area (Å²) in [5.74, 6) is 0.884. The Bertz CT molecular complexity index is 813. The van der Waals surface area contributed by atoms with Crippen molar-refractivity contribution in [2.75, 3.05) is 13.1 Å². The molecule has 1 atom stereocenters. The number of nitrogens with two attached hydrogens (primary N) is 1. The third kappa shape index (κ3) is 4.83. The quantitative estimate of drug-likeness (QED) is 0.657. The second-order valence-electron chi connectivity index (χ2n) is 6.37. The molecule has 0 radical (unpaired) electrons. The van der Waals surface area contributed by atoms with Gasteiger partial charge in [-0.3, -0.25) is 4.79 Å². The summed E-state index contributed by atoms with van der Waals surface area (Å²) in [6.07, 6.45) is 2.51. The van der Waals surface area contributed by atoms with Crippen molar-refractivity contribution in [3.05, 3.63) is 95.4 Å². The molecule has 2 aromatic carbocycles. The molecule has 3 aromatic rings. The van der Waals surface area contributed by atoms with Gasteiger partial charge in [-0.25, -0.2) is 0 Å². The zero-order valence-corrected chi connectivity index (χ0v) is 15.0. The van der Waals surface area contributed by atoms with Crippen LogP contribution < -0.4 is 10.6 Å². The standard InChI is InChI=1S/C22H24N2O2/c1-17-8-5-6-9-18(17)13-14-23-21(25)16-24-22(20-12-7-15-26-20)19-10-3-2-4-11-19/h2-12,15,22,24H,13-14,16H2,1H3,(H,23,25)/p+1/t22-/m0/s1. The van der Waals surface area contributed by atoms with Crippen LogP contribution in [-0.2, 0) is 11.2 Å². The second-order valence-corrected chi connectivity index (χ2v) is 6.37. The van der Waals surface area contributed by atoms with Gasteiger partial charge in [-0.2, -0.15) is 0 Å². The summed E-state index contributed by atoms with van der Waals surface area (Å²) in [6, 6.07) is 22.2. The molecule has 0 saturated heterocycles. The molecule has 0 aliphatic heterocycles. The molecular weight excluding hydrogens is 324 g/mol. The van der Waals surface area contributed by atoms with Crippen LogP contribution >= 0.6 is 0 Å². The van der Waals surface area contributed by atoms with E-state index < -0.39 is 0 Å². The minimum absolute atomic E-state index is 0.0201. The van der Waals surface area contributed by atoms with Crippen LogP contribution in [0.15, 0.2) is 77.4 Å². The topological polar surface area (TPSA) is 58.9 Å². The van der Waals surface area contributed by atoms with E-state index in [9.17, 15) is 4.79 Å². The molecule has 0 unspecified atom stereocenters. The summed E-state index contributed by atoms with van der Waals surface area (Å²) in [5, 5.41) is 5.02. The molecule has 0 bridgehead atoms. The van der Waals surface area contributed by atoms with Crippen molar-refractivity contribution in [1.82, 2.24) is 5.32 Å². The van der Waals surface area contributed by atoms with Gasteiger partial charge in [0.25, 0.3) is 5.91 Å². The molecule has 134 valence electrons. The van der Waals surface area contributed by atoms with Crippen LogP contribution in [0.1, 0.15) is 28.5 Å². The Morgan fingerprint density at radius 1 is 1.04 bits per heavy atom. The molecule has 26 heavy (non-hydrogen) atoms. The number of carbonyl (C=O) groups excluding carboxylic acids is 1. The van der Waals surface area contributed by atoms with Crippen molar-refractivity contribution in [1.29, 1.82) is 0 Å². The van der Waals surface area contributed by atoms with E-state index in [-0.39, 0.29) is 11.9 Å². The summed E-state index contributed by atoms with van der Waals surface area (Å²) in [5.41, 5.74) is 3.65. The molecule has 3 N–H and O–H groups in total. The summed E-state index contributed by atoms with van der Waals surface area (Å²) in [7, 11) is 0. The first kappa shape index (κ1) is 18.0. The minimum Gasteiger partial charge on any atom is -0.463 e. The SMILES string of the molecule is Cc1ccccc1CCNC(=O)C[NH2+][C@@H](c1ccccc1)c1ccco1. The number of nitrogens with one attached hydrogen (secondary N) is 1. The summed E-state index contributed by atoms with van der Waals surface area (Å²) >= 11 is 0. The zero-order chi connectivity index (χ0) is 18.2. The van der Waals surface area contributed by atoms with Crippen LogP contribution in [0, 0.1) is 6.92 Å². The van der Waals surface area contributed by atoms with E-state index >= 15 is 0 Å². The zero-order valence-electron chi connectivity index (χ0n) is 15.0. The Balaban J connectivity index is 1.52. The molecule has 4 heteroatoms. The fourth-order valence-corrected chi connectivity index (χ4v) is 3.07. The van der Waals surface area contributed by atoms with Crippen LogP contribution in [-0.4, -0.2) is 19.0 Å². The van der Waals surface area contributed by atoms with E-state index in [0.717, 1.165) is 17.7 Å². The van der Waals surface area contributed by atoms with E-state index in [2.05, 4.69) is 36.5 Å². The second kappa shape index (κ2) is 9.02. The number of furan rings is 1. The average Bonchev–Trinajstić information content (AvgIpc) is 3.19. The lowest BCUT2D eigenvalue weighted by Gasteiger charge is -2.14. The van der Waals surface area contributed by atoms with Gasteiger partial charge in [0.15, 0.2) is 18.3 Å². The highest BCUT2D eigenvalue weighted by molar-refractivity contribution is 5.76. The highest BCUT2D eigenvalue weighted by Crippen LogP contribution is 2.18. The van der Waals surface area contributed by atoms with Gasteiger partial charge in [-0.1, -0.05) is 54.6 Å². The Hall–Kier alpha value is -2.85. The summed E-state index contributed by atoms with van der Waals surface area (Å²) < 4.78 is 5.57. The largest absolute Gasteiger partial charge is 0.463 e. The number of carbonyl (C=O) groups is 1. The third-order valence-electron chi connectivity index (χ3n) is 4.53. The maximum Gasteiger partial charge on any atom is 0.275 e. The van der Waals surface area contributed by atoms with E-state index in [0.29, 0.717) is 13.1 Å². The Kier molecular flexibility index (Phi) is 6.23. The molecule has 1 heterocycles. The van der Waals surface area contributed by atoms with Crippen molar-refractivity contribution in [3.63, 3.8) is 0 Å². The van der Waals surface area contributed by atoms with Crippen LogP contribution in [0.3, 0.4) is 0 Å². The van der Waals surface area contributed by atoms with Gasteiger partial charge >= 0.3 is 0 Å². The third-order valence-corrected chi connectivity index (χ3v) is 4.53. The molecule has 3 rings (SSSR count). The van der Waals surface area contributed by atoms with E-state index in [4.69, 9.17) is 4.42 Å². The van der Waals surface area contributed by atoms with Gasteiger partial charge < -0.3 is 15.1 Å². The Morgan fingerprint density at radius 2 is 1.81 bits per heavy atom. The van der Waals surface area contributed by atoms with Crippen LogP contribution in [0.25, 0.3) is 0 Å². The summed E-state index contributed by atoms with van der Waals surface area (Å²) in [6.45, 7) is 3.10. The molecule has 0 fully saturated rings. The number of benzene rings is 2. The Labute approximate surface area is 154 Å². The monoisotopic (exact) mass is 349 g/mol. The van der Waals surface area contributed by atoms with Crippen molar-refractivity contribution in [2.24, 2.45) is 0 Å². The minimum atomic E-state index is -0.0201. The first-order valence-electron chi connectivity index (χ1n) is 8.97. The number of rotatable bonds is 8. The lowest BCUT2D eigenvalue weighted by atomic mass is 10.0. The van der Waals surface area contributed by atoms with Gasteiger partial charge in [-0.15, -0.1) is 0 Å². The normalized spacial score (nSPS) is 11.9. The van der Waals surface area contributed by atoms with Crippen molar-refractivity contribution < 1.29 is 14.5 Å². The highest BCUT2D eigenvalue weighted by Gasteiger charge is 2.21. The molecule has 0 aliphatic carbocycles. The maximum absolute atomic E-state index is 12.3. The molecule has 0 saturated carbocycles. The number of amides is 1. The fraction of sp³-hybridized carbons (Fsp3) is 0.227. The smallest absolute Gasteiger partial charge is 0.275 e. The predicted octanol–water partition coefficient (Wildman–Crippen LogP) is 2.60. The fourth-order valence-electron chi connectivity index (χ4n) is 3.07. The first-order valence-corrected chi connectivity index (χ1v) is 8.97. The van der Waals surface area contributed by atoms with Crippen LogP contribution in [0.5, 0.6) is 0 Å². The Morgan fingerprint density at radius 3 is 2.54 bits per heavy atom. The number of aryl methyl sites for hydroxylation is 1. The molecule has 0 spiro atoms. The molecule has 1 aromatic heterocycles. The predicted molar refractivity (Wildman–Crippen MR) is 102 cm³/mol. The average molecular weight is 349 g/mol. The van der Waals surface area contributed by atoms with Crippen molar-refractivity contribution >= 4 is 5.91 Å². The molecular formula is C22H25N2O2+. The van der Waals surface area contributed by atoms with Gasteiger partial charge in [0.2, 0.25) is 0 Å². The molecule has 0 aliphatic rings. The van der Waals surface area contributed by atoms with E-state index in [1.54, 1.807) is 6.26 Å². The number of hydrogen-bond donors (Lipinski definition) is 2. The van der Waals surface area contributed by atoms with Crippen LogP contribution in [0.4, 0.5) is 0 Å². The number of hydrogen-bond acceptors (Lipinski definition) is 2. The number of quaternary nitrogens is 1. The highest BCUT2D eigenvalue weighted by atomic mass is 16.3. The van der Waals surface area contributed by atoms with E-state index in [1.807, 2.05) is 47.8 Å². The molecule has 1 amide bonds. The first-order chi connectivity index (χ1) is 12.7. The lowest BCUT2D eigenvalue weighted by molar-refractivity contribution is -0.678. The van der Waals surface area contributed by atoms with Gasteiger partial charge in [0.05, 0.1) is 6.26 Å². The van der Waals surface area contributed by atoms with Gasteiger partial charge in [0.1, 0.15) is 0 Å². The van der Waals surface area contributed by atoms with Crippen molar-refractivity contribution in [3.8, 4) is 0 Å². The van der Waals surface area contributed by atoms with Crippen molar-refractivity contribution in [2.45, 2.75) is 19.4 Å². The lowest BCUT2D eigenvalue weighted by Crippen LogP contribution is -2.87. The maximum atomic E-state index is 12.3. The summed E-state index contributed by atoms with van der Waals surface area (Å²) in [4.78, 5) is 12.3. The van der Waals surface area contributed by atoms with Crippen LogP contribution in [0.2, 0.25) is 0 Å². The van der Waals surface area contributed by atoms with Gasteiger partial charge in [-0.05, 0) is 36.6 Å². The molecule has 4 nitrogen and oxygen atoms in total. The van der Waals surface area contributed by atoms with Gasteiger partial charge in [0, 0.05) is 12.1 Å². The van der Waals surface area contributed by atoms with E-state index in [1.165, 1.54) is 11.1 Å².